The van der Waals surface area contributed by atoms with E-state index >= 15 is 0 Å². The van der Waals surface area contributed by atoms with Crippen molar-refractivity contribution < 1.29 is 8.42 Å². The van der Waals surface area contributed by atoms with Crippen molar-refractivity contribution in [1.82, 2.24) is 3.97 Å². The zero-order chi connectivity index (χ0) is 16.8. The number of nitrogens with two attached hydrogens (primary N) is 1. The Balaban J connectivity index is 2.29. The first-order valence-electron chi connectivity index (χ1n) is 7.43. The Bertz CT molecular complexity index is 980. The second-order valence-electron chi connectivity index (χ2n) is 6.34. The zero-order valence-corrected chi connectivity index (χ0v) is 14.3. The van der Waals surface area contributed by atoms with Gasteiger partial charge in [-0.2, -0.15) is 0 Å². The lowest BCUT2D eigenvalue weighted by atomic mass is 9.93. The third-order valence-corrected chi connectivity index (χ3v) is 5.87. The molecule has 0 aliphatic heterocycles. The van der Waals surface area contributed by atoms with Gasteiger partial charge in [0.15, 0.2) is 0 Å². The molecular weight excluding hydrogens is 308 g/mol. The molecule has 1 heterocycles. The van der Waals surface area contributed by atoms with Crippen LogP contribution in [0.1, 0.15) is 25.0 Å². The minimum absolute atomic E-state index is 0.315. The summed E-state index contributed by atoms with van der Waals surface area (Å²) in [7, 11) is -3.64. The van der Waals surface area contributed by atoms with Gasteiger partial charge in [0.25, 0.3) is 10.0 Å². The van der Waals surface area contributed by atoms with Gasteiger partial charge in [0.05, 0.1) is 10.4 Å². The Labute approximate surface area is 136 Å². The minimum Gasteiger partial charge on any atom is -0.322 e. The Kier molecular flexibility index (Phi) is 3.58. The first kappa shape index (κ1) is 15.8. The van der Waals surface area contributed by atoms with E-state index in [2.05, 4.69) is 0 Å². The van der Waals surface area contributed by atoms with Crippen molar-refractivity contribution >= 4 is 20.9 Å². The van der Waals surface area contributed by atoms with Crippen LogP contribution in [0.3, 0.4) is 0 Å². The third-order valence-electron chi connectivity index (χ3n) is 4.02. The van der Waals surface area contributed by atoms with E-state index in [0.717, 1.165) is 16.5 Å². The topological polar surface area (TPSA) is 65.1 Å². The van der Waals surface area contributed by atoms with Crippen molar-refractivity contribution in [1.29, 1.82) is 0 Å². The summed E-state index contributed by atoms with van der Waals surface area (Å²) in [6.45, 7) is 5.62. The van der Waals surface area contributed by atoms with Crippen molar-refractivity contribution in [3.8, 4) is 0 Å². The van der Waals surface area contributed by atoms with Gasteiger partial charge in [-0.1, -0.05) is 30.3 Å². The fourth-order valence-corrected chi connectivity index (χ4v) is 4.44. The summed E-state index contributed by atoms with van der Waals surface area (Å²) in [5, 5.41) is 0.858. The van der Waals surface area contributed by atoms with Crippen LogP contribution in [0.25, 0.3) is 10.9 Å². The first-order chi connectivity index (χ1) is 10.7. The molecule has 120 valence electrons. The van der Waals surface area contributed by atoms with Crippen LogP contribution < -0.4 is 5.73 Å². The van der Waals surface area contributed by atoms with Crippen molar-refractivity contribution in [3.63, 3.8) is 0 Å². The normalized spacial score (nSPS) is 12.7. The largest absolute Gasteiger partial charge is 0.322 e. The van der Waals surface area contributed by atoms with E-state index in [0.29, 0.717) is 10.4 Å². The molecule has 0 saturated heterocycles. The lowest BCUT2D eigenvalue weighted by Gasteiger charge is -2.20. The quantitative estimate of drug-likeness (QED) is 0.801. The average Bonchev–Trinajstić information content (AvgIpc) is 2.90. The molecule has 0 saturated carbocycles. The molecule has 0 radical (unpaired) electrons. The summed E-state index contributed by atoms with van der Waals surface area (Å²) in [6, 6.07) is 14.4. The predicted molar refractivity (Wildman–Crippen MR) is 92.9 cm³/mol. The number of hydrogen-bond acceptors (Lipinski definition) is 3. The summed E-state index contributed by atoms with van der Waals surface area (Å²) in [5.74, 6) is 0. The highest BCUT2D eigenvalue weighted by Crippen LogP contribution is 2.30. The molecule has 23 heavy (non-hydrogen) atoms. The van der Waals surface area contributed by atoms with Gasteiger partial charge >= 0.3 is 0 Å². The first-order valence-corrected chi connectivity index (χ1v) is 8.87. The van der Waals surface area contributed by atoms with Crippen LogP contribution in [0.4, 0.5) is 0 Å². The molecule has 5 heteroatoms. The van der Waals surface area contributed by atoms with E-state index in [1.807, 2.05) is 38.1 Å². The van der Waals surface area contributed by atoms with E-state index < -0.39 is 15.6 Å². The summed E-state index contributed by atoms with van der Waals surface area (Å²) >= 11 is 0. The standard InChI is InChI=1S/C18H20N2O2S/c1-13-7-4-5-10-17(13)23(21,22)20-12-11-14-15(18(2,3)19)8-6-9-16(14)20/h4-12H,19H2,1-3H3. The Morgan fingerprint density at radius 3 is 2.35 bits per heavy atom. The number of fused-ring (bicyclic) bond motifs is 1. The van der Waals surface area contributed by atoms with E-state index in [9.17, 15) is 8.42 Å². The Morgan fingerprint density at radius 2 is 1.70 bits per heavy atom. The number of rotatable bonds is 3. The number of hydrogen-bond donors (Lipinski definition) is 1. The summed E-state index contributed by atoms with van der Waals surface area (Å²) < 4.78 is 27.4. The van der Waals surface area contributed by atoms with E-state index in [4.69, 9.17) is 5.73 Å². The van der Waals surface area contributed by atoms with Gasteiger partial charge in [-0.05, 0) is 50.1 Å². The SMILES string of the molecule is Cc1ccccc1S(=O)(=O)n1ccc2c(C(C)(C)N)cccc21. The van der Waals surface area contributed by atoms with Gasteiger partial charge < -0.3 is 5.73 Å². The minimum atomic E-state index is -3.64. The summed E-state index contributed by atoms with van der Waals surface area (Å²) in [5.41, 5.74) is 7.97. The van der Waals surface area contributed by atoms with E-state index in [1.165, 1.54) is 3.97 Å². The second-order valence-corrected chi connectivity index (χ2v) is 8.13. The molecular formula is C18H20N2O2S. The van der Waals surface area contributed by atoms with Crippen LogP contribution in [0.5, 0.6) is 0 Å². The Morgan fingerprint density at radius 1 is 1.00 bits per heavy atom. The number of nitrogens with zero attached hydrogens (tertiary/aromatic N) is 1. The maximum Gasteiger partial charge on any atom is 0.268 e. The smallest absolute Gasteiger partial charge is 0.268 e. The number of benzene rings is 2. The van der Waals surface area contributed by atoms with E-state index in [1.54, 1.807) is 37.4 Å². The number of aryl methyl sites for hydroxylation is 1. The second kappa shape index (κ2) is 5.22. The highest BCUT2D eigenvalue weighted by molar-refractivity contribution is 7.90. The van der Waals surface area contributed by atoms with Gasteiger partial charge in [0, 0.05) is 17.1 Å². The van der Waals surface area contributed by atoms with E-state index in [-0.39, 0.29) is 0 Å². The van der Waals surface area contributed by atoms with Crippen LogP contribution in [0.2, 0.25) is 0 Å². The highest BCUT2D eigenvalue weighted by atomic mass is 32.2. The Hall–Kier alpha value is -2.11. The summed E-state index contributed by atoms with van der Waals surface area (Å²) in [4.78, 5) is 0.315. The molecule has 0 unspecified atom stereocenters. The molecule has 2 aromatic carbocycles. The van der Waals surface area contributed by atoms with Crippen LogP contribution in [0.15, 0.2) is 59.6 Å². The highest BCUT2D eigenvalue weighted by Gasteiger charge is 2.23. The lowest BCUT2D eigenvalue weighted by Crippen LogP contribution is -2.28. The predicted octanol–water partition coefficient (Wildman–Crippen LogP) is 3.38. The molecule has 0 atom stereocenters. The van der Waals surface area contributed by atoms with Crippen molar-refractivity contribution in [2.45, 2.75) is 31.2 Å². The molecule has 0 bridgehead atoms. The monoisotopic (exact) mass is 328 g/mol. The van der Waals surface area contributed by atoms with Gasteiger partial charge in [-0.25, -0.2) is 12.4 Å². The maximum atomic E-state index is 13.0. The van der Waals surface area contributed by atoms with Crippen LogP contribution in [-0.2, 0) is 15.6 Å². The molecule has 0 amide bonds. The van der Waals surface area contributed by atoms with Crippen molar-refractivity contribution in [2.75, 3.05) is 0 Å². The molecule has 0 aliphatic carbocycles. The molecule has 3 rings (SSSR count). The molecule has 2 N–H and O–H groups in total. The van der Waals surface area contributed by atoms with Crippen LogP contribution in [0, 0.1) is 6.92 Å². The van der Waals surface area contributed by atoms with Crippen LogP contribution >= 0.6 is 0 Å². The molecule has 0 aliphatic rings. The van der Waals surface area contributed by atoms with Gasteiger partial charge in [-0.15, -0.1) is 0 Å². The molecule has 0 fully saturated rings. The average molecular weight is 328 g/mol. The van der Waals surface area contributed by atoms with Crippen molar-refractivity contribution in [2.24, 2.45) is 5.73 Å². The van der Waals surface area contributed by atoms with Crippen molar-refractivity contribution in [3.05, 3.63) is 65.9 Å². The molecule has 3 aromatic rings. The van der Waals surface area contributed by atoms with Gasteiger partial charge in [-0.3, -0.25) is 0 Å². The maximum absolute atomic E-state index is 13.0. The van der Waals surface area contributed by atoms with Gasteiger partial charge in [0.1, 0.15) is 0 Å². The zero-order valence-electron chi connectivity index (χ0n) is 13.4. The lowest BCUT2D eigenvalue weighted by molar-refractivity contribution is 0.559. The molecule has 0 spiro atoms. The fraction of sp³-hybridized carbons (Fsp3) is 0.222. The van der Waals surface area contributed by atoms with Crippen LogP contribution in [-0.4, -0.2) is 12.4 Å². The summed E-state index contributed by atoms with van der Waals surface area (Å²) in [6.07, 6.45) is 1.60. The fourth-order valence-electron chi connectivity index (χ4n) is 2.87. The number of aromatic nitrogens is 1. The van der Waals surface area contributed by atoms with Gasteiger partial charge in [0.2, 0.25) is 0 Å². The molecule has 1 aromatic heterocycles. The molecule has 4 nitrogen and oxygen atoms in total. The third kappa shape index (κ3) is 2.56.